The maximum absolute atomic E-state index is 11.8. The molecule has 4 atom stereocenters. The molecular weight excluding hydrogens is 268 g/mol. The van der Waals surface area contributed by atoms with Crippen LogP contribution in [0.15, 0.2) is 24.3 Å². The van der Waals surface area contributed by atoms with Crippen molar-refractivity contribution >= 4 is 5.91 Å². The molecule has 0 aromatic heterocycles. The quantitative estimate of drug-likeness (QED) is 0.355. The first-order chi connectivity index (χ1) is 9.54. The number of aliphatic hydroxyl groups is 3. The second-order valence-corrected chi connectivity index (χ2v) is 4.37. The molecule has 1 amide bonds. The van der Waals surface area contributed by atoms with Crippen molar-refractivity contribution in [3.05, 3.63) is 29.8 Å². The van der Waals surface area contributed by atoms with Gasteiger partial charge in [0.1, 0.15) is 24.1 Å². The van der Waals surface area contributed by atoms with Crippen LogP contribution >= 0.6 is 0 Å². The number of amides is 1. The van der Waals surface area contributed by atoms with E-state index in [0.29, 0.717) is 0 Å². The van der Waals surface area contributed by atoms with Gasteiger partial charge in [-0.2, -0.15) is 0 Å². The van der Waals surface area contributed by atoms with Crippen molar-refractivity contribution in [2.24, 2.45) is 0 Å². The molecule has 1 aliphatic rings. The zero-order valence-corrected chi connectivity index (χ0v) is 10.4. The van der Waals surface area contributed by atoms with Crippen molar-refractivity contribution in [3.8, 4) is 5.75 Å². The van der Waals surface area contributed by atoms with Crippen LogP contribution in [0.3, 0.4) is 0 Å². The first kappa shape index (κ1) is 14.7. The number of carbonyl (C=O) groups excluding carboxylic acids is 1. The largest absolute Gasteiger partial charge is 0.507 e. The van der Waals surface area contributed by atoms with E-state index in [9.17, 15) is 20.1 Å². The molecule has 1 fully saturated rings. The van der Waals surface area contributed by atoms with Crippen LogP contribution in [0.2, 0.25) is 0 Å². The number of hydrazine groups is 1. The number of carbonyl (C=O) groups is 1. The predicted octanol–water partition coefficient (Wildman–Crippen LogP) is -1.93. The fourth-order valence-electron chi connectivity index (χ4n) is 1.89. The predicted molar refractivity (Wildman–Crippen MR) is 66.5 cm³/mol. The van der Waals surface area contributed by atoms with Gasteiger partial charge in [-0.3, -0.25) is 10.2 Å². The van der Waals surface area contributed by atoms with Crippen molar-refractivity contribution in [3.63, 3.8) is 0 Å². The molecular formula is C12H16N2O6. The van der Waals surface area contributed by atoms with Gasteiger partial charge in [-0.15, -0.1) is 0 Å². The minimum Gasteiger partial charge on any atom is -0.507 e. The third kappa shape index (κ3) is 2.89. The summed E-state index contributed by atoms with van der Waals surface area (Å²) in [4.78, 5) is 11.8. The second-order valence-electron chi connectivity index (χ2n) is 4.37. The maximum atomic E-state index is 11.8. The smallest absolute Gasteiger partial charge is 0.269 e. The number of aliphatic hydroxyl groups excluding tert-OH is 3. The minimum atomic E-state index is -1.29. The molecule has 1 aromatic rings. The number of rotatable bonds is 4. The highest BCUT2D eigenvalue weighted by atomic mass is 16.6. The maximum Gasteiger partial charge on any atom is 0.269 e. The van der Waals surface area contributed by atoms with E-state index in [-0.39, 0.29) is 11.3 Å². The van der Waals surface area contributed by atoms with E-state index in [4.69, 9.17) is 9.84 Å². The van der Waals surface area contributed by atoms with Crippen molar-refractivity contribution in [2.75, 3.05) is 6.61 Å². The summed E-state index contributed by atoms with van der Waals surface area (Å²) in [6, 6.07) is 5.94. The van der Waals surface area contributed by atoms with Gasteiger partial charge in [0.2, 0.25) is 0 Å². The summed E-state index contributed by atoms with van der Waals surface area (Å²) in [5, 5.41) is 37.6. The van der Waals surface area contributed by atoms with Crippen LogP contribution in [0.5, 0.6) is 5.75 Å². The molecule has 0 radical (unpaired) electrons. The number of para-hydroxylation sites is 1. The Hall–Kier alpha value is -1.71. The summed E-state index contributed by atoms with van der Waals surface area (Å²) in [6.45, 7) is -0.455. The molecule has 1 aliphatic heterocycles. The van der Waals surface area contributed by atoms with Crippen molar-refractivity contribution in [1.29, 1.82) is 0 Å². The van der Waals surface area contributed by atoms with E-state index in [2.05, 4.69) is 10.9 Å². The zero-order chi connectivity index (χ0) is 14.7. The molecule has 2 rings (SSSR count). The summed E-state index contributed by atoms with van der Waals surface area (Å²) >= 11 is 0. The van der Waals surface area contributed by atoms with Gasteiger partial charge in [0.25, 0.3) is 5.91 Å². The molecule has 4 unspecified atom stereocenters. The fourth-order valence-corrected chi connectivity index (χ4v) is 1.89. The highest BCUT2D eigenvalue weighted by molar-refractivity contribution is 5.96. The third-order valence-electron chi connectivity index (χ3n) is 3.02. The molecule has 0 aliphatic carbocycles. The Morgan fingerprint density at radius 2 is 1.95 bits per heavy atom. The van der Waals surface area contributed by atoms with E-state index < -0.39 is 37.1 Å². The number of phenols is 1. The molecule has 8 heteroatoms. The molecule has 6 N–H and O–H groups in total. The van der Waals surface area contributed by atoms with Crippen LogP contribution in [0.25, 0.3) is 0 Å². The van der Waals surface area contributed by atoms with Crippen molar-refractivity contribution < 1.29 is 30.0 Å². The Bertz CT molecular complexity index is 483. The lowest BCUT2D eigenvalue weighted by molar-refractivity contribution is -0.0375. The molecule has 0 saturated carbocycles. The number of hydrogen-bond acceptors (Lipinski definition) is 7. The average molecular weight is 284 g/mol. The molecule has 0 spiro atoms. The number of hydrogen-bond donors (Lipinski definition) is 6. The molecule has 1 aromatic carbocycles. The summed E-state index contributed by atoms with van der Waals surface area (Å²) in [5.41, 5.74) is 4.70. The van der Waals surface area contributed by atoms with Gasteiger partial charge in [0.15, 0.2) is 6.23 Å². The van der Waals surface area contributed by atoms with Gasteiger partial charge in [-0.25, -0.2) is 5.43 Å². The van der Waals surface area contributed by atoms with E-state index >= 15 is 0 Å². The summed E-state index contributed by atoms with van der Waals surface area (Å²) < 4.78 is 5.11. The summed E-state index contributed by atoms with van der Waals surface area (Å²) in [6.07, 6.45) is -4.53. The first-order valence-electron chi connectivity index (χ1n) is 6.01. The number of phenolic OH excluding ortho intramolecular Hbond substituents is 1. The molecule has 1 saturated heterocycles. The van der Waals surface area contributed by atoms with E-state index in [0.717, 1.165) is 0 Å². The Balaban J connectivity index is 1.93. The highest BCUT2D eigenvalue weighted by Gasteiger charge is 2.42. The number of nitrogens with one attached hydrogen (secondary N) is 2. The molecule has 8 nitrogen and oxygen atoms in total. The Labute approximate surface area is 114 Å². The van der Waals surface area contributed by atoms with Gasteiger partial charge in [0, 0.05) is 0 Å². The van der Waals surface area contributed by atoms with Gasteiger partial charge < -0.3 is 25.2 Å². The van der Waals surface area contributed by atoms with Crippen molar-refractivity contribution in [1.82, 2.24) is 10.9 Å². The second kappa shape index (κ2) is 6.16. The minimum absolute atomic E-state index is 0.0479. The molecule has 20 heavy (non-hydrogen) atoms. The van der Waals surface area contributed by atoms with Crippen LogP contribution in [0.1, 0.15) is 10.4 Å². The van der Waals surface area contributed by atoms with Crippen LogP contribution in [-0.2, 0) is 4.74 Å². The third-order valence-corrected chi connectivity index (χ3v) is 3.02. The SMILES string of the molecule is O=C(NNC1OC(CO)C(O)C1O)c1ccccc1O. The van der Waals surface area contributed by atoms with Gasteiger partial charge in [-0.1, -0.05) is 12.1 Å². The summed E-state index contributed by atoms with van der Waals surface area (Å²) in [7, 11) is 0. The Morgan fingerprint density at radius 1 is 1.25 bits per heavy atom. The highest BCUT2D eigenvalue weighted by Crippen LogP contribution is 2.19. The van der Waals surface area contributed by atoms with Crippen LogP contribution in [0, 0.1) is 0 Å². The number of ether oxygens (including phenoxy) is 1. The zero-order valence-electron chi connectivity index (χ0n) is 10.4. The van der Waals surface area contributed by atoms with Crippen LogP contribution in [0.4, 0.5) is 0 Å². The van der Waals surface area contributed by atoms with Gasteiger partial charge in [0.05, 0.1) is 12.2 Å². The number of aromatic hydroxyl groups is 1. The van der Waals surface area contributed by atoms with Gasteiger partial charge >= 0.3 is 0 Å². The van der Waals surface area contributed by atoms with E-state index in [1.807, 2.05) is 0 Å². The standard InChI is InChI=1S/C12H16N2O6/c15-5-8-9(17)10(18)12(20-8)14-13-11(19)6-3-1-2-4-7(6)16/h1-4,8-10,12,14-18H,5H2,(H,13,19). The molecule has 0 bridgehead atoms. The number of benzene rings is 1. The van der Waals surface area contributed by atoms with Crippen molar-refractivity contribution in [2.45, 2.75) is 24.5 Å². The first-order valence-corrected chi connectivity index (χ1v) is 6.01. The van der Waals surface area contributed by atoms with Crippen LogP contribution < -0.4 is 10.9 Å². The van der Waals surface area contributed by atoms with E-state index in [1.54, 1.807) is 12.1 Å². The summed E-state index contributed by atoms with van der Waals surface area (Å²) in [5.74, 6) is -0.811. The fraction of sp³-hybridized carbons (Fsp3) is 0.417. The lowest BCUT2D eigenvalue weighted by Crippen LogP contribution is -2.49. The Kier molecular flexibility index (Phi) is 4.53. The Morgan fingerprint density at radius 3 is 2.55 bits per heavy atom. The lowest BCUT2D eigenvalue weighted by Gasteiger charge is -2.17. The van der Waals surface area contributed by atoms with Crippen LogP contribution in [-0.4, -0.2) is 57.5 Å². The molecule has 110 valence electrons. The van der Waals surface area contributed by atoms with E-state index in [1.165, 1.54) is 12.1 Å². The van der Waals surface area contributed by atoms with Gasteiger partial charge in [-0.05, 0) is 12.1 Å². The average Bonchev–Trinajstić information content (AvgIpc) is 2.72. The molecule has 1 heterocycles. The normalized spacial score (nSPS) is 29.4. The lowest BCUT2D eigenvalue weighted by atomic mass is 10.1. The topological polar surface area (TPSA) is 131 Å². The monoisotopic (exact) mass is 284 g/mol.